The van der Waals surface area contributed by atoms with Gasteiger partial charge in [0.25, 0.3) is 5.91 Å². The Bertz CT molecular complexity index is 1180. The molecule has 1 atom stereocenters. The van der Waals surface area contributed by atoms with Gasteiger partial charge in [0.15, 0.2) is 5.37 Å². The molecule has 1 aromatic heterocycles. The van der Waals surface area contributed by atoms with Gasteiger partial charge >= 0.3 is 0 Å². The lowest BCUT2D eigenvalue weighted by Gasteiger charge is -2.19. The monoisotopic (exact) mass is 433 g/mol. The highest BCUT2D eigenvalue weighted by molar-refractivity contribution is 7.92. The van der Waals surface area contributed by atoms with Crippen molar-refractivity contribution < 1.29 is 13.2 Å². The summed E-state index contributed by atoms with van der Waals surface area (Å²) in [5, 5.41) is 4.81. The molecule has 0 saturated carbocycles. The Morgan fingerprint density at radius 1 is 1.03 bits per heavy atom. The molecular formula is C24H23N3O3S. The zero-order chi connectivity index (χ0) is 21.8. The van der Waals surface area contributed by atoms with Crippen molar-refractivity contribution >= 4 is 21.4 Å². The van der Waals surface area contributed by atoms with Crippen LogP contribution in [0, 0.1) is 0 Å². The van der Waals surface area contributed by atoms with Crippen molar-refractivity contribution in [1.82, 2.24) is 10.3 Å². The molecule has 0 spiro atoms. The normalized spacial score (nSPS) is 14.5. The first kappa shape index (κ1) is 20.8. The lowest BCUT2D eigenvalue weighted by atomic mass is 10.1. The number of hydrogen-bond acceptors (Lipinski definition) is 5. The number of sulfone groups is 1. The fourth-order valence-corrected chi connectivity index (χ4v) is 5.39. The lowest BCUT2D eigenvalue weighted by Crippen LogP contribution is -2.37. The Balaban J connectivity index is 1.57. The summed E-state index contributed by atoms with van der Waals surface area (Å²) in [4.78, 5) is 17.0. The number of carbonyl (C=O) groups is 1. The van der Waals surface area contributed by atoms with E-state index in [2.05, 4.69) is 34.3 Å². The number of anilines is 1. The maximum Gasteiger partial charge on any atom is 0.252 e. The molecule has 0 fully saturated rings. The number of nitrogens with zero attached hydrogens (tertiary/aromatic N) is 1. The van der Waals surface area contributed by atoms with E-state index >= 15 is 0 Å². The van der Waals surface area contributed by atoms with Crippen molar-refractivity contribution in [2.24, 2.45) is 0 Å². The van der Waals surface area contributed by atoms with E-state index in [9.17, 15) is 13.2 Å². The number of aromatic nitrogens is 1. The minimum absolute atomic E-state index is 0.0377. The maximum atomic E-state index is 13.4. The van der Waals surface area contributed by atoms with Gasteiger partial charge in [-0.25, -0.2) is 8.42 Å². The van der Waals surface area contributed by atoms with Crippen LogP contribution in [0.4, 0.5) is 5.69 Å². The molecule has 0 bridgehead atoms. The molecule has 158 valence electrons. The molecule has 4 rings (SSSR count). The van der Waals surface area contributed by atoms with Crippen molar-refractivity contribution in [2.45, 2.75) is 29.2 Å². The van der Waals surface area contributed by atoms with Crippen LogP contribution in [0.2, 0.25) is 0 Å². The molecule has 1 heterocycles. The quantitative estimate of drug-likeness (QED) is 0.558. The second kappa shape index (κ2) is 8.73. The molecule has 0 saturated heterocycles. The number of rotatable bonds is 7. The largest absolute Gasteiger partial charge is 0.364 e. The third-order valence-corrected chi connectivity index (χ3v) is 7.29. The van der Waals surface area contributed by atoms with Gasteiger partial charge in [-0.1, -0.05) is 49.1 Å². The maximum absolute atomic E-state index is 13.4. The third-order valence-electron chi connectivity index (χ3n) is 5.34. The minimum atomic E-state index is -3.93. The summed E-state index contributed by atoms with van der Waals surface area (Å²) in [6.07, 6.45) is 5.90. The average Bonchev–Trinajstić information content (AvgIpc) is 3.20. The van der Waals surface area contributed by atoms with Gasteiger partial charge in [-0.05, 0) is 48.2 Å². The topological polar surface area (TPSA) is 88.2 Å². The summed E-state index contributed by atoms with van der Waals surface area (Å²) in [5.74, 6) is -0.402. The average molecular weight is 434 g/mol. The summed E-state index contributed by atoms with van der Waals surface area (Å²) in [7, 11) is -3.93. The van der Waals surface area contributed by atoms with Crippen LogP contribution in [0.5, 0.6) is 0 Å². The van der Waals surface area contributed by atoms with E-state index in [1.54, 1.807) is 30.5 Å². The number of carbonyl (C=O) groups excluding carboxylic acids is 1. The van der Waals surface area contributed by atoms with E-state index < -0.39 is 21.1 Å². The van der Waals surface area contributed by atoms with Gasteiger partial charge in [0.05, 0.1) is 16.1 Å². The van der Waals surface area contributed by atoms with Crippen LogP contribution in [0.25, 0.3) is 0 Å². The van der Waals surface area contributed by atoms with Crippen molar-refractivity contribution in [3.8, 4) is 0 Å². The van der Waals surface area contributed by atoms with Gasteiger partial charge in [-0.2, -0.15) is 0 Å². The van der Waals surface area contributed by atoms with Crippen LogP contribution >= 0.6 is 0 Å². The molecule has 2 aromatic carbocycles. The fraction of sp³-hybridized carbons (Fsp3) is 0.167. The predicted octanol–water partition coefficient (Wildman–Crippen LogP) is 3.38. The molecule has 0 aliphatic heterocycles. The number of benzene rings is 2. The van der Waals surface area contributed by atoms with Gasteiger partial charge in [0.1, 0.15) is 0 Å². The Hall–Kier alpha value is -3.45. The van der Waals surface area contributed by atoms with Gasteiger partial charge in [-0.3, -0.25) is 9.78 Å². The second-order valence-electron chi connectivity index (χ2n) is 7.43. The number of hydrogen-bond donors (Lipinski definition) is 2. The first-order valence-electron chi connectivity index (χ1n) is 9.98. The Morgan fingerprint density at radius 3 is 2.35 bits per heavy atom. The Kier molecular flexibility index (Phi) is 5.86. The van der Waals surface area contributed by atoms with Gasteiger partial charge in [-0.15, -0.1) is 0 Å². The Morgan fingerprint density at radius 2 is 1.71 bits per heavy atom. The van der Waals surface area contributed by atoms with Crippen LogP contribution in [0.1, 0.15) is 21.5 Å². The first-order valence-corrected chi connectivity index (χ1v) is 11.5. The van der Waals surface area contributed by atoms with E-state index in [0.717, 1.165) is 12.8 Å². The summed E-state index contributed by atoms with van der Waals surface area (Å²) in [6, 6.07) is 17.7. The molecule has 1 aliphatic rings. The second-order valence-corrected chi connectivity index (χ2v) is 9.47. The van der Waals surface area contributed by atoms with Crippen molar-refractivity contribution in [3.05, 3.63) is 102 Å². The first-order chi connectivity index (χ1) is 15.0. The molecule has 2 N–H and O–H groups in total. The van der Waals surface area contributed by atoms with Crippen molar-refractivity contribution in [2.75, 3.05) is 5.32 Å². The van der Waals surface area contributed by atoms with Gasteiger partial charge < -0.3 is 10.6 Å². The Labute approximate surface area is 182 Å². The van der Waals surface area contributed by atoms with Crippen molar-refractivity contribution in [1.29, 1.82) is 0 Å². The highest BCUT2D eigenvalue weighted by atomic mass is 32.2. The lowest BCUT2D eigenvalue weighted by molar-refractivity contribution is 0.0935. The summed E-state index contributed by atoms with van der Waals surface area (Å²) in [5.41, 5.74) is 3.09. The van der Waals surface area contributed by atoms with E-state index in [4.69, 9.17) is 0 Å². The van der Waals surface area contributed by atoms with E-state index in [1.165, 1.54) is 35.5 Å². The zero-order valence-electron chi connectivity index (χ0n) is 16.9. The molecular weight excluding hydrogens is 410 g/mol. The molecule has 7 heteroatoms. The molecule has 1 unspecified atom stereocenters. The summed E-state index contributed by atoms with van der Waals surface area (Å²) >= 11 is 0. The standard InChI is InChI=1S/C24H23N3O3S/c1-2-23(26-19-10-7-13-25-16-19)31(29,30)22-12-6-5-11-21(22)24(28)27-20-14-17-8-3-4-9-18(17)15-20/h2-13,16,20,23,26H,1,14-15H2,(H,27,28). The smallest absolute Gasteiger partial charge is 0.252 e. The summed E-state index contributed by atoms with van der Waals surface area (Å²) < 4.78 is 26.7. The zero-order valence-corrected chi connectivity index (χ0v) is 17.7. The van der Waals surface area contributed by atoms with Crippen LogP contribution < -0.4 is 10.6 Å². The minimum Gasteiger partial charge on any atom is -0.364 e. The van der Waals surface area contributed by atoms with Gasteiger partial charge in [0.2, 0.25) is 9.84 Å². The SMILES string of the molecule is C=CC(Nc1cccnc1)S(=O)(=O)c1ccccc1C(=O)NC1Cc2ccccc2C1. The van der Waals surface area contributed by atoms with E-state index in [1.807, 2.05) is 12.1 Å². The van der Waals surface area contributed by atoms with Gasteiger partial charge in [0, 0.05) is 18.4 Å². The fourth-order valence-electron chi connectivity index (χ4n) is 3.84. The molecule has 3 aromatic rings. The van der Waals surface area contributed by atoms with Crippen LogP contribution in [0.15, 0.2) is 90.6 Å². The molecule has 1 amide bonds. The number of pyridine rings is 1. The molecule has 1 aliphatic carbocycles. The van der Waals surface area contributed by atoms with Crippen LogP contribution in [-0.4, -0.2) is 30.7 Å². The van der Waals surface area contributed by atoms with E-state index in [0.29, 0.717) is 5.69 Å². The number of amides is 1. The highest BCUT2D eigenvalue weighted by Crippen LogP contribution is 2.25. The van der Waals surface area contributed by atoms with E-state index in [-0.39, 0.29) is 16.5 Å². The molecule has 6 nitrogen and oxygen atoms in total. The molecule has 0 radical (unpaired) electrons. The van der Waals surface area contributed by atoms with Crippen LogP contribution in [0.3, 0.4) is 0 Å². The number of nitrogens with one attached hydrogen (secondary N) is 2. The predicted molar refractivity (Wildman–Crippen MR) is 121 cm³/mol. The number of fused-ring (bicyclic) bond motifs is 1. The molecule has 31 heavy (non-hydrogen) atoms. The third kappa shape index (κ3) is 4.36. The highest BCUT2D eigenvalue weighted by Gasteiger charge is 2.30. The van der Waals surface area contributed by atoms with Crippen LogP contribution in [-0.2, 0) is 22.7 Å². The van der Waals surface area contributed by atoms with Crippen molar-refractivity contribution in [3.63, 3.8) is 0 Å². The summed E-state index contributed by atoms with van der Waals surface area (Å²) in [6.45, 7) is 3.67.